The third kappa shape index (κ3) is 5.12. The van der Waals surface area contributed by atoms with Crippen LogP contribution < -0.4 is 11.1 Å². The standard InChI is InChI=1S/C26H25F4N3O3/c1-14(15-2-3-15)32-13-16(12-31)19-6-5-18(11-20(19)23(34)35)33-24(36)25(8-9-25)21-7-4-17(10-22(21)27)26(28,29)30/h4-7,10-15H,2-3,8-9,31H2,1H3,(H,33,36)(H,34,35). The number of nitrogens with two attached hydrogens (primary N) is 1. The molecular formula is C26H25F4N3O3. The summed E-state index contributed by atoms with van der Waals surface area (Å²) in [7, 11) is 0. The molecule has 10 heteroatoms. The van der Waals surface area contributed by atoms with Crippen LogP contribution in [0, 0.1) is 11.7 Å². The number of nitrogens with zero attached hydrogens (tertiary/aromatic N) is 1. The molecule has 4 N–H and O–H groups in total. The number of rotatable bonds is 8. The van der Waals surface area contributed by atoms with Crippen LogP contribution in [0.5, 0.6) is 0 Å². The van der Waals surface area contributed by atoms with Crippen LogP contribution in [0.15, 0.2) is 47.6 Å². The maximum absolute atomic E-state index is 14.6. The lowest BCUT2D eigenvalue weighted by Crippen LogP contribution is -2.29. The van der Waals surface area contributed by atoms with Crippen LogP contribution in [0.1, 0.15) is 59.7 Å². The van der Waals surface area contributed by atoms with E-state index < -0.39 is 34.8 Å². The van der Waals surface area contributed by atoms with Crippen molar-refractivity contribution in [3.63, 3.8) is 0 Å². The number of amides is 1. The number of nitrogens with one attached hydrogen (secondary N) is 1. The summed E-state index contributed by atoms with van der Waals surface area (Å²) in [6.45, 7) is 1.98. The van der Waals surface area contributed by atoms with Crippen LogP contribution in [0.2, 0.25) is 0 Å². The zero-order valence-corrected chi connectivity index (χ0v) is 19.4. The number of hydrogen-bond acceptors (Lipinski definition) is 4. The molecule has 2 saturated carbocycles. The fourth-order valence-corrected chi connectivity index (χ4v) is 4.23. The Morgan fingerprint density at radius 1 is 1.17 bits per heavy atom. The van der Waals surface area contributed by atoms with Crippen molar-refractivity contribution in [3.05, 3.63) is 70.7 Å². The normalized spacial score (nSPS) is 18.2. The van der Waals surface area contributed by atoms with Crippen molar-refractivity contribution in [2.75, 3.05) is 5.32 Å². The Hall–Kier alpha value is -3.69. The average Bonchev–Trinajstić information content (AvgIpc) is 3.73. The molecule has 0 heterocycles. The van der Waals surface area contributed by atoms with Gasteiger partial charge in [0.25, 0.3) is 0 Å². The number of carboxylic acids is 1. The van der Waals surface area contributed by atoms with E-state index >= 15 is 0 Å². The largest absolute Gasteiger partial charge is 0.478 e. The Bertz CT molecular complexity index is 1260. The van der Waals surface area contributed by atoms with Gasteiger partial charge in [-0.25, -0.2) is 9.18 Å². The molecule has 0 spiro atoms. The van der Waals surface area contributed by atoms with Crippen molar-refractivity contribution in [2.24, 2.45) is 16.6 Å². The highest BCUT2D eigenvalue weighted by atomic mass is 19.4. The van der Waals surface area contributed by atoms with Crippen molar-refractivity contribution in [1.82, 2.24) is 0 Å². The zero-order chi connectivity index (χ0) is 26.3. The molecule has 0 aromatic heterocycles. The maximum atomic E-state index is 14.6. The molecule has 1 atom stereocenters. The average molecular weight is 503 g/mol. The number of carbonyl (C=O) groups excluding carboxylic acids is 1. The Kier molecular flexibility index (Phi) is 6.64. The summed E-state index contributed by atoms with van der Waals surface area (Å²) in [6, 6.07) is 6.44. The number of anilines is 1. The molecule has 2 aliphatic rings. The van der Waals surface area contributed by atoms with Crippen molar-refractivity contribution >= 4 is 29.4 Å². The molecule has 0 saturated heterocycles. The summed E-state index contributed by atoms with van der Waals surface area (Å²) in [5.74, 6) is -2.48. The first kappa shape index (κ1) is 25.4. The molecule has 2 aromatic rings. The lowest BCUT2D eigenvalue weighted by Gasteiger charge is -2.18. The van der Waals surface area contributed by atoms with Gasteiger partial charge in [-0.15, -0.1) is 0 Å². The van der Waals surface area contributed by atoms with Gasteiger partial charge in [-0.1, -0.05) is 12.1 Å². The second kappa shape index (κ2) is 9.40. The number of aliphatic imine (C=N–C) groups is 1. The number of halogens is 4. The van der Waals surface area contributed by atoms with E-state index in [9.17, 15) is 32.3 Å². The van der Waals surface area contributed by atoms with Crippen molar-refractivity contribution in [1.29, 1.82) is 0 Å². The van der Waals surface area contributed by atoms with E-state index in [0.29, 0.717) is 23.1 Å². The minimum absolute atomic E-state index is 0.0899. The third-order valence-corrected chi connectivity index (χ3v) is 6.75. The summed E-state index contributed by atoms with van der Waals surface area (Å²) in [6.07, 6.45) is 0.803. The van der Waals surface area contributed by atoms with Crippen LogP contribution in [-0.2, 0) is 16.4 Å². The summed E-state index contributed by atoms with van der Waals surface area (Å²) in [5, 5.41) is 12.3. The lowest BCUT2D eigenvalue weighted by atomic mass is 9.93. The number of alkyl halides is 3. The highest BCUT2D eigenvalue weighted by Crippen LogP contribution is 2.50. The Morgan fingerprint density at radius 3 is 2.39 bits per heavy atom. The van der Waals surface area contributed by atoms with Gasteiger partial charge in [0.1, 0.15) is 5.82 Å². The number of hydrogen-bond donors (Lipinski definition) is 3. The van der Waals surface area contributed by atoms with Crippen LogP contribution >= 0.6 is 0 Å². The first-order valence-corrected chi connectivity index (χ1v) is 11.5. The molecule has 0 aliphatic heterocycles. The first-order valence-electron chi connectivity index (χ1n) is 11.5. The predicted molar refractivity (Wildman–Crippen MR) is 127 cm³/mol. The van der Waals surface area contributed by atoms with E-state index in [4.69, 9.17) is 5.73 Å². The summed E-state index contributed by atoms with van der Waals surface area (Å²) >= 11 is 0. The fraction of sp³-hybridized carbons (Fsp3) is 0.346. The SMILES string of the molecule is CC(N=CC(=CN)c1ccc(NC(=O)C2(c3ccc(C(F)(F)F)cc3F)CC2)cc1C(=O)O)C1CC1. The van der Waals surface area contributed by atoms with Crippen LogP contribution in [0.25, 0.3) is 5.57 Å². The van der Waals surface area contributed by atoms with Crippen molar-refractivity contribution in [3.8, 4) is 0 Å². The maximum Gasteiger partial charge on any atom is 0.416 e. The lowest BCUT2D eigenvalue weighted by molar-refractivity contribution is -0.137. The number of carboxylic acid groups (broad SMARTS) is 1. The number of benzene rings is 2. The van der Waals surface area contributed by atoms with Crippen molar-refractivity contribution < 1.29 is 32.3 Å². The summed E-state index contributed by atoms with van der Waals surface area (Å²) < 4.78 is 53.2. The van der Waals surface area contributed by atoms with E-state index in [1.165, 1.54) is 30.6 Å². The molecule has 2 fully saturated rings. The van der Waals surface area contributed by atoms with Gasteiger partial charge < -0.3 is 16.2 Å². The van der Waals surface area contributed by atoms with Crippen LogP contribution in [0.3, 0.4) is 0 Å². The van der Waals surface area contributed by atoms with Gasteiger partial charge in [0, 0.05) is 35.3 Å². The second-order valence-electron chi connectivity index (χ2n) is 9.27. The van der Waals surface area contributed by atoms with Gasteiger partial charge in [-0.3, -0.25) is 9.79 Å². The molecule has 0 radical (unpaired) electrons. The van der Waals surface area contributed by atoms with Gasteiger partial charge in [-0.2, -0.15) is 13.2 Å². The summed E-state index contributed by atoms with van der Waals surface area (Å²) in [4.78, 5) is 29.5. The third-order valence-electron chi connectivity index (χ3n) is 6.75. The Balaban J connectivity index is 1.57. The Labute approximate surface area is 204 Å². The highest BCUT2D eigenvalue weighted by Gasteiger charge is 2.53. The van der Waals surface area contributed by atoms with Gasteiger partial charge >= 0.3 is 12.1 Å². The molecule has 190 valence electrons. The second-order valence-corrected chi connectivity index (χ2v) is 9.27. The zero-order valence-electron chi connectivity index (χ0n) is 19.4. The molecule has 4 rings (SSSR count). The van der Waals surface area contributed by atoms with Gasteiger partial charge in [0.15, 0.2) is 0 Å². The van der Waals surface area contributed by atoms with Gasteiger partial charge in [-0.05, 0) is 68.4 Å². The van der Waals surface area contributed by atoms with Gasteiger partial charge in [0.05, 0.1) is 16.5 Å². The monoisotopic (exact) mass is 503 g/mol. The minimum Gasteiger partial charge on any atom is -0.478 e. The molecule has 1 unspecified atom stereocenters. The van der Waals surface area contributed by atoms with Gasteiger partial charge in [0.2, 0.25) is 5.91 Å². The minimum atomic E-state index is -4.70. The number of carbonyl (C=O) groups is 2. The van der Waals surface area contributed by atoms with Crippen molar-refractivity contribution in [2.45, 2.75) is 50.2 Å². The predicted octanol–water partition coefficient (Wildman–Crippen LogP) is 5.38. The van der Waals surface area contributed by atoms with Crippen LogP contribution in [-0.4, -0.2) is 29.2 Å². The molecular weight excluding hydrogens is 478 g/mol. The molecule has 6 nitrogen and oxygen atoms in total. The quantitative estimate of drug-likeness (QED) is 0.332. The highest BCUT2D eigenvalue weighted by molar-refractivity contribution is 6.13. The number of allylic oxidation sites excluding steroid dienone is 1. The van der Waals surface area contributed by atoms with E-state index in [1.54, 1.807) is 0 Å². The Morgan fingerprint density at radius 2 is 1.86 bits per heavy atom. The summed E-state index contributed by atoms with van der Waals surface area (Å²) in [5.41, 5.74) is 3.89. The number of aromatic carboxylic acids is 1. The molecule has 0 bridgehead atoms. The fourth-order valence-electron chi connectivity index (χ4n) is 4.23. The smallest absolute Gasteiger partial charge is 0.416 e. The van der Waals surface area contributed by atoms with Crippen LogP contribution in [0.4, 0.5) is 23.2 Å². The van der Waals surface area contributed by atoms with E-state index in [-0.39, 0.29) is 35.7 Å². The molecule has 36 heavy (non-hydrogen) atoms. The molecule has 2 aromatic carbocycles. The molecule has 2 aliphatic carbocycles. The van der Waals surface area contributed by atoms with E-state index in [0.717, 1.165) is 25.0 Å². The van der Waals surface area contributed by atoms with E-state index in [2.05, 4.69) is 10.3 Å². The topological polar surface area (TPSA) is 105 Å². The molecule has 1 amide bonds. The van der Waals surface area contributed by atoms with E-state index in [1.807, 2.05) is 6.92 Å². The first-order chi connectivity index (χ1) is 17.0.